The molecule has 5 rings (SSSR count). The van der Waals surface area contributed by atoms with Gasteiger partial charge in [0.15, 0.2) is 0 Å². The highest BCUT2D eigenvalue weighted by atomic mass is 16.2. The number of amides is 2. The number of hydrogen-bond donors (Lipinski definition) is 2. The highest BCUT2D eigenvalue weighted by molar-refractivity contribution is 6.30. The Morgan fingerprint density at radius 1 is 0.880 bits per heavy atom. The van der Waals surface area contributed by atoms with Gasteiger partial charge < -0.3 is 4.98 Å². The number of rotatable bonds is 1. The normalized spacial score (nSPS) is 13.5. The lowest BCUT2D eigenvalue weighted by Gasteiger charge is -2.08. The first-order valence-electron chi connectivity index (χ1n) is 8.01. The highest BCUT2D eigenvalue weighted by Crippen LogP contribution is 2.37. The molecule has 120 valence electrons. The van der Waals surface area contributed by atoms with Crippen LogP contribution in [0.15, 0.2) is 48.5 Å². The van der Waals surface area contributed by atoms with Crippen molar-refractivity contribution >= 4 is 33.6 Å². The third kappa shape index (κ3) is 1.80. The number of pyridine rings is 1. The number of imide groups is 1. The van der Waals surface area contributed by atoms with Crippen LogP contribution in [-0.4, -0.2) is 21.8 Å². The second kappa shape index (κ2) is 4.77. The van der Waals surface area contributed by atoms with Gasteiger partial charge in [-0.05, 0) is 18.6 Å². The van der Waals surface area contributed by atoms with E-state index < -0.39 is 11.8 Å². The van der Waals surface area contributed by atoms with Gasteiger partial charge in [0.1, 0.15) is 5.69 Å². The molecule has 0 radical (unpaired) electrons. The quantitative estimate of drug-likeness (QED) is 0.525. The fourth-order valence-electron chi connectivity index (χ4n) is 3.56. The molecule has 0 bridgehead atoms. The van der Waals surface area contributed by atoms with E-state index in [4.69, 9.17) is 0 Å². The van der Waals surface area contributed by atoms with Gasteiger partial charge in [-0.2, -0.15) is 0 Å². The SMILES string of the molecule is Cc1ccccc1-c1nc2c(c3c1[nH]c1ccccc13)C(=O)NC2=O. The first-order valence-corrected chi connectivity index (χ1v) is 8.01. The van der Waals surface area contributed by atoms with Gasteiger partial charge in [-0.15, -0.1) is 0 Å². The van der Waals surface area contributed by atoms with Gasteiger partial charge in [0.2, 0.25) is 0 Å². The first-order chi connectivity index (χ1) is 12.1. The number of hydrogen-bond acceptors (Lipinski definition) is 3. The van der Waals surface area contributed by atoms with E-state index in [9.17, 15) is 9.59 Å². The van der Waals surface area contributed by atoms with Crippen LogP contribution in [0.1, 0.15) is 26.4 Å². The predicted octanol–water partition coefficient (Wildman–Crippen LogP) is 3.58. The minimum Gasteiger partial charge on any atom is -0.353 e. The van der Waals surface area contributed by atoms with Crippen molar-refractivity contribution in [1.82, 2.24) is 15.3 Å². The number of para-hydroxylation sites is 1. The Hall–Kier alpha value is -3.47. The zero-order valence-corrected chi connectivity index (χ0v) is 13.4. The van der Waals surface area contributed by atoms with Crippen molar-refractivity contribution < 1.29 is 9.59 Å². The Morgan fingerprint density at radius 3 is 2.48 bits per heavy atom. The van der Waals surface area contributed by atoms with E-state index in [0.29, 0.717) is 11.3 Å². The summed E-state index contributed by atoms with van der Waals surface area (Å²) in [5.41, 5.74) is 4.92. The molecule has 25 heavy (non-hydrogen) atoms. The molecule has 2 N–H and O–H groups in total. The molecular formula is C20H13N3O2. The lowest BCUT2D eigenvalue weighted by molar-refractivity contribution is 0.0878. The largest absolute Gasteiger partial charge is 0.353 e. The van der Waals surface area contributed by atoms with E-state index >= 15 is 0 Å². The van der Waals surface area contributed by atoms with Crippen molar-refractivity contribution in [2.24, 2.45) is 0 Å². The number of carbonyl (C=O) groups excluding carboxylic acids is 2. The summed E-state index contributed by atoms with van der Waals surface area (Å²) < 4.78 is 0. The standard InChI is InChI=1S/C20H13N3O2/c1-10-6-2-3-7-11(10)16-17-14(12-8-4-5-9-13(12)21-17)15-18(22-16)20(25)23-19(15)24/h2-9,21H,1H3,(H,23,24,25). The molecule has 2 aromatic heterocycles. The number of aromatic nitrogens is 2. The van der Waals surface area contributed by atoms with Crippen LogP contribution >= 0.6 is 0 Å². The van der Waals surface area contributed by atoms with Crippen LogP contribution < -0.4 is 5.32 Å². The molecule has 0 aliphatic carbocycles. The number of nitrogens with one attached hydrogen (secondary N) is 2. The van der Waals surface area contributed by atoms with Gasteiger partial charge in [-0.25, -0.2) is 4.98 Å². The Bertz CT molecular complexity index is 1220. The summed E-state index contributed by atoms with van der Waals surface area (Å²) in [4.78, 5) is 32.6. The highest BCUT2D eigenvalue weighted by Gasteiger charge is 2.33. The number of aromatic amines is 1. The van der Waals surface area contributed by atoms with Gasteiger partial charge in [0.05, 0.1) is 16.8 Å². The maximum atomic E-state index is 12.4. The molecule has 0 unspecified atom stereocenters. The Morgan fingerprint density at radius 2 is 1.64 bits per heavy atom. The van der Waals surface area contributed by atoms with Gasteiger partial charge in [-0.1, -0.05) is 42.5 Å². The number of aryl methyl sites for hydroxylation is 1. The minimum atomic E-state index is -0.443. The average Bonchev–Trinajstić information content (AvgIpc) is 3.12. The van der Waals surface area contributed by atoms with Crippen LogP contribution in [0.3, 0.4) is 0 Å². The van der Waals surface area contributed by atoms with Crippen molar-refractivity contribution in [1.29, 1.82) is 0 Å². The third-order valence-electron chi connectivity index (χ3n) is 4.72. The summed E-state index contributed by atoms with van der Waals surface area (Å²) in [7, 11) is 0. The smallest absolute Gasteiger partial charge is 0.277 e. The maximum Gasteiger partial charge on any atom is 0.277 e. The Labute approximate surface area is 142 Å². The monoisotopic (exact) mass is 327 g/mol. The van der Waals surface area contributed by atoms with Gasteiger partial charge >= 0.3 is 0 Å². The number of fused-ring (bicyclic) bond motifs is 5. The van der Waals surface area contributed by atoms with Crippen molar-refractivity contribution in [3.05, 3.63) is 65.4 Å². The fourth-order valence-corrected chi connectivity index (χ4v) is 3.56. The molecule has 0 saturated carbocycles. The minimum absolute atomic E-state index is 0.195. The van der Waals surface area contributed by atoms with Gasteiger partial charge in [0, 0.05) is 21.9 Å². The topological polar surface area (TPSA) is 74.8 Å². The molecule has 2 aromatic carbocycles. The molecular weight excluding hydrogens is 314 g/mol. The number of H-pyrrole nitrogens is 1. The molecule has 0 atom stereocenters. The lowest BCUT2D eigenvalue weighted by atomic mass is 9.99. The first kappa shape index (κ1) is 13.9. The molecule has 0 fully saturated rings. The summed E-state index contributed by atoms with van der Waals surface area (Å²) in [5, 5.41) is 4.03. The average molecular weight is 327 g/mol. The molecule has 1 aliphatic heterocycles. The zero-order chi connectivity index (χ0) is 17.1. The number of benzene rings is 2. The molecule has 5 heteroatoms. The van der Waals surface area contributed by atoms with Gasteiger partial charge in [-0.3, -0.25) is 14.9 Å². The summed E-state index contributed by atoms with van der Waals surface area (Å²) in [6.45, 7) is 2.00. The molecule has 0 spiro atoms. The van der Waals surface area contributed by atoms with E-state index in [-0.39, 0.29) is 5.69 Å². The van der Waals surface area contributed by atoms with Crippen molar-refractivity contribution in [2.75, 3.05) is 0 Å². The van der Waals surface area contributed by atoms with Crippen molar-refractivity contribution in [3.8, 4) is 11.3 Å². The van der Waals surface area contributed by atoms with Crippen LogP contribution in [0.4, 0.5) is 0 Å². The molecule has 1 aliphatic rings. The molecule has 4 aromatic rings. The Kier molecular flexibility index (Phi) is 2.65. The Balaban J connectivity index is 2.03. The third-order valence-corrected chi connectivity index (χ3v) is 4.72. The lowest BCUT2D eigenvalue weighted by Crippen LogP contribution is -2.20. The van der Waals surface area contributed by atoms with Crippen LogP contribution in [0.2, 0.25) is 0 Å². The van der Waals surface area contributed by atoms with Crippen molar-refractivity contribution in [2.45, 2.75) is 6.92 Å². The van der Waals surface area contributed by atoms with Gasteiger partial charge in [0.25, 0.3) is 11.8 Å². The van der Waals surface area contributed by atoms with Crippen LogP contribution in [-0.2, 0) is 0 Å². The zero-order valence-electron chi connectivity index (χ0n) is 13.4. The van der Waals surface area contributed by atoms with Crippen molar-refractivity contribution in [3.63, 3.8) is 0 Å². The van der Waals surface area contributed by atoms with Crippen LogP contribution in [0, 0.1) is 6.92 Å². The summed E-state index contributed by atoms with van der Waals surface area (Å²) >= 11 is 0. The second-order valence-corrected chi connectivity index (χ2v) is 6.20. The molecule has 2 amide bonds. The van der Waals surface area contributed by atoms with E-state index in [1.165, 1.54) is 0 Å². The number of carbonyl (C=O) groups is 2. The molecule has 5 nitrogen and oxygen atoms in total. The summed E-state index contributed by atoms with van der Waals surface area (Å²) in [6, 6.07) is 15.6. The fraction of sp³-hybridized carbons (Fsp3) is 0.0500. The van der Waals surface area contributed by atoms with Crippen LogP contribution in [0.25, 0.3) is 33.1 Å². The maximum absolute atomic E-state index is 12.4. The number of nitrogens with zero attached hydrogens (tertiary/aromatic N) is 1. The molecule has 0 saturated heterocycles. The summed E-state index contributed by atoms with van der Waals surface area (Å²) in [6.07, 6.45) is 0. The van der Waals surface area contributed by atoms with Crippen LogP contribution in [0.5, 0.6) is 0 Å². The molecule has 3 heterocycles. The van der Waals surface area contributed by atoms with E-state index in [2.05, 4.69) is 15.3 Å². The summed E-state index contributed by atoms with van der Waals surface area (Å²) in [5.74, 6) is -0.833. The van der Waals surface area contributed by atoms with E-state index in [1.807, 2.05) is 55.5 Å². The van der Waals surface area contributed by atoms with E-state index in [0.717, 1.165) is 32.9 Å². The second-order valence-electron chi connectivity index (χ2n) is 6.20. The predicted molar refractivity (Wildman–Crippen MR) is 95.6 cm³/mol. The van der Waals surface area contributed by atoms with E-state index in [1.54, 1.807) is 0 Å².